The summed E-state index contributed by atoms with van der Waals surface area (Å²) in [6.07, 6.45) is 12.9. The van der Waals surface area contributed by atoms with Crippen LogP contribution in [0.5, 0.6) is 0 Å². The van der Waals surface area contributed by atoms with E-state index in [1.165, 1.54) is 64.5 Å². The second-order valence-electron chi connectivity index (χ2n) is 12.1. The first kappa shape index (κ1) is 20.3. The Hall–Kier alpha value is -2.14. The molecule has 0 radical (unpaired) electrons. The molecular weight excluding hydrogens is 410 g/mol. The first-order valence-electron chi connectivity index (χ1n) is 13.2. The van der Waals surface area contributed by atoms with Crippen LogP contribution in [0.4, 0.5) is 5.69 Å². The number of piperidine rings is 3. The van der Waals surface area contributed by atoms with Crippen LogP contribution in [-0.4, -0.2) is 35.0 Å². The van der Waals surface area contributed by atoms with Gasteiger partial charge in [0, 0.05) is 35.6 Å². The minimum Gasteiger partial charge on any atom is -0.325 e. The molecule has 3 aliphatic heterocycles. The number of benzene rings is 1. The lowest BCUT2D eigenvalue weighted by atomic mass is 9.49. The zero-order valence-corrected chi connectivity index (χ0v) is 19.5. The third kappa shape index (κ3) is 3.38. The molecule has 6 bridgehead atoms. The minimum absolute atomic E-state index is 0.0865. The highest BCUT2D eigenvalue weighted by molar-refractivity contribution is 6.02. The van der Waals surface area contributed by atoms with Crippen LogP contribution < -0.4 is 10.9 Å². The van der Waals surface area contributed by atoms with E-state index in [1.54, 1.807) is 0 Å². The molecule has 5 heteroatoms. The standard InChI is InChI=1S/C28H35N3O2/c32-26(16-28-13-18-10-19(14-28)12-20(11-18)15-28)29-24-3-1-2-23-22(24)6-9-31(27(23)33)25-17-30-7-4-21(25)5-8-30/h1-3,6,9,18-21,25H,4-5,7-8,10-17H2,(H,29,32). The van der Waals surface area contributed by atoms with Crippen LogP contribution >= 0.6 is 0 Å². The predicted octanol–water partition coefficient (Wildman–Crippen LogP) is 4.81. The van der Waals surface area contributed by atoms with Crippen LogP contribution in [0.1, 0.15) is 63.8 Å². The number of hydrogen-bond donors (Lipinski definition) is 1. The van der Waals surface area contributed by atoms with Crippen molar-refractivity contribution in [1.82, 2.24) is 9.47 Å². The van der Waals surface area contributed by atoms with Crippen LogP contribution in [0.25, 0.3) is 10.8 Å². The van der Waals surface area contributed by atoms with E-state index in [9.17, 15) is 9.59 Å². The van der Waals surface area contributed by atoms with Crippen LogP contribution in [0, 0.1) is 29.1 Å². The van der Waals surface area contributed by atoms with Crippen molar-refractivity contribution in [2.24, 2.45) is 29.1 Å². The normalized spacial score (nSPS) is 38.7. The second-order valence-corrected chi connectivity index (χ2v) is 12.1. The zero-order chi connectivity index (χ0) is 22.2. The third-order valence-electron chi connectivity index (χ3n) is 9.93. The van der Waals surface area contributed by atoms with Crippen LogP contribution in [0.3, 0.4) is 0 Å². The molecule has 9 rings (SSSR count). The lowest BCUT2D eigenvalue weighted by Crippen LogP contribution is -2.49. The first-order chi connectivity index (χ1) is 16.1. The highest BCUT2D eigenvalue weighted by atomic mass is 16.1. The Morgan fingerprint density at radius 2 is 1.67 bits per heavy atom. The van der Waals surface area contributed by atoms with Gasteiger partial charge in [-0.15, -0.1) is 0 Å². The number of anilines is 1. The molecule has 4 heterocycles. The van der Waals surface area contributed by atoms with Crippen molar-refractivity contribution >= 4 is 22.4 Å². The monoisotopic (exact) mass is 445 g/mol. The molecule has 0 spiro atoms. The van der Waals surface area contributed by atoms with Crippen molar-refractivity contribution in [3.8, 4) is 0 Å². The lowest BCUT2D eigenvalue weighted by molar-refractivity contribution is -0.124. The van der Waals surface area contributed by atoms with Crippen LogP contribution in [0.15, 0.2) is 35.3 Å². The van der Waals surface area contributed by atoms with Crippen molar-refractivity contribution < 1.29 is 4.79 Å². The van der Waals surface area contributed by atoms with Gasteiger partial charge in [0.1, 0.15) is 0 Å². The van der Waals surface area contributed by atoms with Gasteiger partial charge in [-0.1, -0.05) is 6.07 Å². The molecule has 4 aliphatic carbocycles. The Balaban J connectivity index is 1.14. The molecule has 174 valence electrons. The Kier molecular flexibility index (Phi) is 4.56. The quantitative estimate of drug-likeness (QED) is 0.735. The number of pyridine rings is 1. The number of carbonyl (C=O) groups is 1. The fourth-order valence-corrected chi connectivity index (χ4v) is 8.95. The number of hydrogen-bond acceptors (Lipinski definition) is 3. The van der Waals surface area contributed by atoms with Crippen LogP contribution in [0.2, 0.25) is 0 Å². The number of rotatable bonds is 4. The number of carbonyl (C=O) groups excluding carboxylic acids is 1. The molecule has 1 atom stereocenters. The Morgan fingerprint density at radius 1 is 0.970 bits per heavy atom. The van der Waals surface area contributed by atoms with Crippen LogP contribution in [-0.2, 0) is 4.79 Å². The third-order valence-corrected chi connectivity index (χ3v) is 9.93. The number of amides is 1. The number of nitrogens with one attached hydrogen (secondary N) is 1. The molecule has 4 saturated carbocycles. The fourth-order valence-electron chi connectivity index (χ4n) is 8.95. The van der Waals surface area contributed by atoms with Gasteiger partial charge in [0.05, 0.1) is 6.04 Å². The van der Waals surface area contributed by atoms with Crippen molar-refractivity contribution in [2.75, 3.05) is 25.0 Å². The molecule has 5 nitrogen and oxygen atoms in total. The molecule has 33 heavy (non-hydrogen) atoms. The fraction of sp³-hybridized carbons (Fsp3) is 0.643. The number of aromatic nitrogens is 1. The Labute approximate surface area is 195 Å². The molecule has 2 aromatic rings. The highest BCUT2D eigenvalue weighted by Crippen LogP contribution is 2.61. The average molecular weight is 446 g/mol. The molecule has 3 saturated heterocycles. The summed E-state index contributed by atoms with van der Waals surface area (Å²) in [5, 5.41) is 4.82. The average Bonchev–Trinajstić information content (AvgIpc) is 2.79. The van der Waals surface area contributed by atoms with Crippen molar-refractivity contribution in [2.45, 2.75) is 63.8 Å². The first-order valence-corrected chi connectivity index (χ1v) is 13.2. The summed E-state index contributed by atoms with van der Waals surface area (Å²) in [5.74, 6) is 3.30. The molecule has 1 aromatic carbocycles. The molecule has 7 aliphatic rings. The summed E-state index contributed by atoms with van der Waals surface area (Å²) >= 11 is 0. The summed E-state index contributed by atoms with van der Waals surface area (Å²) < 4.78 is 1.97. The molecule has 1 N–H and O–H groups in total. The maximum atomic E-state index is 13.5. The molecule has 7 fully saturated rings. The number of nitrogens with zero attached hydrogens (tertiary/aromatic N) is 2. The predicted molar refractivity (Wildman–Crippen MR) is 130 cm³/mol. The molecular formula is C28H35N3O2. The molecule has 1 aromatic heterocycles. The minimum atomic E-state index is 0.0865. The summed E-state index contributed by atoms with van der Waals surface area (Å²) in [6, 6.07) is 8.13. The van der Waals surface area contributed by atoms with Gasteiger partial charge in [-0.05, 0) is 112 Å². The second kappa shape index (κ2) is 7.43. The van der Waals surface area contributed by atoms with Gasteiger partial charge < -0.3 is 14.8 Å². The number of fused-ring (bicyclic) bond motifs is 4. The lowest BCUT2D eigenvalue weighted by Gasteiger charge is -2.56. The van der Waals surface area contributed by atoms with E-state index in [0.29, 0.717) is 12.3 Å². The van der Waals surface area contributed by atoms with Gasteiger partial charge in [-0.3, -0.25) is 9.59 Å². The van der Waals surface area contributed by atoms with E-state index >= 15 is 0 Å². The van der Waals surface area contributed by atoms with Gasteiger partial charge in [-0.25, -0.2) is 0 Å². The summed E-state index contributed by atoms with van der Waals surface area (Å²) in [4.78, 5) is 29.2. The van der Waals surface area contributed by atoms with E-state index < -0.39 is 0 Å². The summed E-state index contributed by atoms with van der Waals surface area (Å²) in [5.41, 5.74) is 1.11. The molecule has 1 amide bonds. The van der Waals surface area contributed by atoms with Gasteiger partial charge in [0.15, 0.2) is 0 Å². The summed E-state index contributed by atoms with van der Waals surface area (Å²) in [7, 11) is 0. The van der Waals surface area contributed by atoms with E-state index in [2.05, 4.69) is 16.3 Å². The van der Waals surface area contributed by atoms with E-state index in [1.807, 2.05) is 29.0 Å². The smallest absolute Gasteiger partial charge is 0.258 e. The zero-order valence-electron chi connectivity index (χ0n) is 19.5. The maximum Gasteiger partial charge on any atom is 0.258 e. The van der Waals surface area contributed by atoms with Crippen molar-refractivity contribution in [1.29, 1.82) is 0 Å². The topological polar surface area (TPSA) is 54.3 Å². The largest absolute Gasteiger partial charge is 0.325 e. The summed E-state index contributed by atoms with van der Waals surface area (Å²) in [6.45, 7) is 3.32. The van der Waals surface area contributed by atoms with Gasteiger partial charge >= 0.3 is 0 Å². The van der Waals surface area contributed by atoms with E-state index in [-0.39, 0.29) is 22.9 Å². The Bertz CT molecular complexity index is 1120. The van der Waals surface area contributed by atoms with Crippen molar-refractivity contribution in [3.05, 3.63) is 40.8 Å². The van der Waals surface area contributed by atoms with Crippen molar-refractivity contribution in [3.63, 3.8) is 0 Å². The maximum absolute atomic E-state index is 13.5. The SMILES string of the molecule is O=C(CC12CC3CC(CC(C3)C1)C2)Nc1cccc2c(=O)n(C3CN4CCC3CC4)ccc12. The highest BCUT2D eigenvalue weighted by Gasteiger charge is 2.51. The van der Waals surface area contributed by atoms with Gasteiger partial charge in [0.2, 0.25) is 5.91 Å². The van der Waals surface area contributed by atoms with Gasteiger partial charge in [-0.2, -0.15) is 0 Å². The Morgan fingerprint density at radius 3 is 2.30 bits per heavy atom. The van der Waals surface area contributed by atoms with E-state index in [0.717, 1.165) is 40.8 Å². The molecule has 1 unspecified atom stereocenters. The van der Waals surface area contributed by atoms with Gasteiger partial charge in [0.25, 0.3) is 5.56 Å². The van der Waals surface area contributed by atoms with E-state index in [4.69, 9.17) is 0 Å².